The van der Waals surface area contributed by atoms with Gasteiger partial charge in [-0.05, 0) is 67.1 Å². The molecule has 11 nitrogen and oxygen atoms in total. The first-order valence-electron chi connectivity index (χ1n) is 16.6. The number of piperazine rings is 1. The Morgan fingerprint density at radius 2 is 1.61 bits per heavy atom. The van der Waals surface area contributed by atoms with Gasteiger partial charge in [0.25, 0.3) is 0 Å². The van der Waals surface area contributed by atoms with Gasteiger partial charge in [0.05, 0.1) is 30.2 Å². The van der Waals surface area contributed by atoms with Crippen LogP contribution in [-0.4, -0.2) is 69.4 Å². The Labute approximate surface area is 295 Å². The molecular formula is C36H39Cl2N7O4. The van der Waals surface area contributed by atoms with Crippen molar-refractivity contribution in [2.45, 2.75) is 44.7 Å². The van der Waals surface area contributed by atoms with E-state index in [1.807, 2.05) is 41.1 Å². The summed E-state index contributed by atoms with van der Waals surface area (Å²) in [5.74, 6) is -0.333. The summed E-state index contributed by atoms with van der Waals surface area (Å²) in [4.78, 5) is 21.6. The molecule has 2 saturated heterocycles. The minimum Gasteiger partial charge on any atom is -0.491 e. The number of imidazole rings is 1. The van der Waals surface area contributed by atoms with Gasteiger partial charge in [-0.25, -0.2) is 19.0 Å². The van der Waals surface area contributed by atoms with Crippen LogP contribution < -0.4 is 20.2 Å². The topological polar surface area (TPSA) is 91.8 Å². The summed E-state index contributed by atoms with van der Waals surface area (Å²) < 4.78 is 24.0. The number of rotatable bonds is 12. The molecule has 0 aliphatic carbocycles. The molecule has 2 aliphatic heterocycles. The second-order valence-corrected chi connectivity index (χ2v) is 13.2. The first kappa shape index (κ1) is 33.2. The molecule has 0 amide bonds. The molecule has 4 heterocycles. The highest BCUT2D eigenvalue weighted by Crippen LogP contribution is 2.40. The van der Waals surface area contributed by atoms with Gasteiger partial charge in [-0.15, -0.1) is 0 Å². The van der Waals surface area contributed by atoms with Gasteiger partial charge in [-0.1, -0.05) is 42.6 Å². The Morgan fingerprint density at radius 3 is 2.27 bits per heavy atom. The van der Waals surface area contributed by atoms with E-state index in [2.05, 4.69) is 51.1 Å². The van der Waals surface area contributed by atoms with E-state index in [0.717, 1.165) is 61.8 Å². The molecule has 0 bridgehead atoms. The van der Waals surface area contributed by atoms with Gasteiger partial charge >= 0.3 is 5.69 Å². The van der Waals surface area contributed by atoms with Gasteiger partial charge in [-0.2, -0.15) is 5.10 Å². The van der Waals surface area contributed by atoms with Crippen molar-refractivity contribution >= 4 is 34.6 Å². The quantitative estimate of drug-likeness (QED) is 0.156. The lowest BCUT2D eigenvalue weighted by atomic mass is 10.1. The maximum Gasteiger partial charge on any atom is 0.350 e. The van der Waals surface area contributed by atoms with Gasteiger partial charge in [0.15, 0.2) is 0 Å². The fourth-order valence-electron chi connectivity index (χ4n) is 6.34. The van der Waals surface area contributed by atoms with E-state index in [-0.39, 0.29) is 11.8 Å². The smallest absolute Gasteiger partial charge is 0.350 e. The maximum absolute atomic E-state index is 12.7. The van der Waals surface area contributed by atoms with E-state index in [4.69, 9.17) is 37.4 Å². The van der Waals surface area contributed by atoms with Crippen molar-refractivity contribution in [2.24, 2.45) is 0 Å². The zero-order valence-electron chi connectivity index (χ0n) is 27.3. The number of hydrogen-bond donors (Lipinski definition) is 0. The highest BCUT2D eigenvalue weighted by molar-refractivity contribution is 6.35. The molecule has 2 atom stereocenters. The molecule has 0 N–H and O–H groups in total. The summed E-state index contributed by atoms with van der Waals surface area (Å²) in [5.41, 5.74) is 3.72. The van der Waals surface area contributed by atoms with Crippen molar-refractivity contribution in [3.63, 3.8) is 0 Å². The van der Waals surface area contributed by atoms with Gasteiger partial charge in [0.2, 0.25) is 5.79 Å². The van der Waals surface area contributed by atoms with Crippen LogP contribution in [-0.2, 0) is 28.4 Å². The third kappa shape index (κ3) is 7.35. The molecule has 3 aromatic carbocycles. The Balaban J connectivity index is 0.919. The average molecular weight is 705 g/mol. The largest absolute Gasteiger partial charge is 0.491 e. The average Bonchev–Trinajstić information content (AvgIpc) is 3.88. The van der Waals surface area contributed by atoms with Crippen molar-refractivity contribution in [3.05, 3.63) is 118 Å². The number of aromatic nitrogens is 5. The molecular weight excluding hydrogens is 665 g/mol. The number of aryl methyl sites for hydroxylation is 1. The van der Waals surface area contributed by atoms with Crippen LogP contribution in [0.2, 0.25) is 10.0 Å². The minimum absolute atomic E-state index is 0.102. The monoisotopic (exact) mass is 703 g/mol. The normalized spacial score (nSPS) is 19.4. The number of unbranched alkanes of at least 4 members (excludes halogenated alkanes) is 1. The van der Waals surface area contributed by atoms with E-state index < -0.39 is 5.79 Å². The van der Waals surface area contributed by atoms with Crippen molar-refractivity contribution in [1.29, 1.82) is 0 Å². The highest BCUT2D eigenvalue weighted by atomic mass is 35.5. The lowest BCUT2D eigenvalue weighted by Gasteiger charge is -2.37. The van der Waals surface area contributed by atoms with Crippen molar-refractivity contribution in [1.82, 2.24) is 23.9 Å². The first-order chi connectivity index (χ1) is 23.9. The summed E-state index contributed by atoms with van der Waals surface area (Å²) in [7, 11) is 0. The van der Waals surface area contributed by atoms with E-state index in [1.165, 1.54) is 4.68 Å². The van der Waals surface area contributed by atoms with Crippen LogP contribution in [0.15, 0.2) is 96.6 Å². The number of benzene rings is 3. The lowest BCUT2D eigenvalue weighted by Crippen LogP contribution is -2.46. The van der Waals surface area contributed by atoms with Crippen LogP contribution in [0.1, 0.15) is 25.3 Å². The van der Waals surface area contributed by atoms with Gasteiger partial charge in [0.1, 0.15) is 24.8 Å². The Morgan fingerprint density at radius 1 is 0.918 bits per heavy atom. The molecule has 256 valence electrons. The van der Waals surface area contributed by atoms with E-state index in [9.17, 15) is 4.79 Å². The van der Waals surface area contributed by atoms with Crippen LogP contribution in [0.25, 0.3) is 5.69 Å². The molecule has 7 rings (SSSR count). The molecule has 5 aromatic rings. The van der Waals surface area contributed by atoms with E-state index in [1.54, 1.807) is 35.6 Å². The summed E-state index contributed by atoms with van der Waals surface area (Å²) in [6.45, 7) is 7.37. The summed E-state index contributed by atoms with van der Waals surface area (Å²) in [6.07, 6.45) is 8.55. The van der Waals surface area contributed by atoms with Gasteiger partial charge in [-0.3, -0.25) is 0 Å². The lowest BCUT2D eigenvalue weighted by molar-refractivity contribution is -0.189. The standard InChI is InChI=1S/C36H39Cl2N7O4/c1-2-3-15-45-35(46)44(26-40-45)30-7-5-28(6-8-30)42-17-19-43(20-18-42)29-9-11-31(12-10-29)47-22-32-23-48-36(49-32,24-41-16-14-39-25-41)33-13-4-27(37)21-34(33)38/h4-14,16,21,25-26,32H,2-3,15,17-20,22-24H2,1H3/t32-,36?/m1/s1. The second-order valence-electron chi connectivity index (χ2n) is 12.3. The van der Waals surface area contributed by atoms with Crippen LogP contribution >= 0.6 is 23.2 Å². The van der Waals surface area contributed by atoms with Crippen LogP contribution in [0.4, 0.5) is 11.4 Å². The molecule has 2 aliphatic rings. The summed E-state index contributed by atoms with van der Waals surface area (Å²) in [6, 6.07) is 21.7. The van der Waals surface area contributed by atoms with Crippen LogP contribution in [0, 0.1) is 0 Å². The molecule has 2 aromatic heterocycles. The van der Waals surface area contributed by atoms with Crippen LogP contribution in [0.5, 0.6) is 5.75 Å². The molecule has 0 radical (unpaired) electrons. The van der Waals surface area contributed by atoms with E-state index >= 15 is 0 Å². The first-order valence-corrected chi connectivity index (χ1v) is 17.4. The van der Waals surface area contributed by atoms with Crippen molar-refractivity contribution < 1.29 is 14.2 Å². The number of nitrogens with zero attached hydrogens (tertiary/aromatic N) is 7. The van der Waals surface area contributed by atoms with Gasteiger partial charge < -0.3 is 28.6 Å². The highest BCUT2D eigenvalue weighted by Gasteiger charge is 2.45. The number of anilines is 2. The Bertz CT molecular complexity index is 1890. The number of halogens is 2. The predicted molar refractivity (Wildman–Crippen MR) is 190 cm³/mol. The van der Waals surface area contributed by atoms with Crippen molar-refractivity contribution in [3.8, 4) is 11.4 Å². The number of hydrogen-bond acceptors (Lipinski definition) is 8. The summed E-state index contributed by atoms with van der Waals surface area (Å²) in [5, 5.41) is 5.29. The summed E-state index contributed by atoms with van der Waals surface area (Å²) >= 11 is 12.8. The maximum atomic E-state index is 12.7. The number of ether oxygens (including phenoxy) is 3. The molecule has 1 unspecified atom stereocenters. The van der Waals surface area contributed by atoms with Crippen molar-refractivity contribution in [2.75, 3.05) is 49.2 Å². The zero-order chi connectivity index (χ0) is 33.8. The third-order valence-electron chi connectivity index (χ3n) is 9.02. The fourth-order valence-corrected chi connectivity index (χ4v) is 6.89. The zero-order valence-corrected chi connectivity index (χ0v) is 28.8. The second kappa shape index (κ2) is 14.7. The predicted octanol–water partition coefficient (Wildman–Crippen LogP) is 6.01. The molecule has 0 spiro atoms. The fraction of sp³-hybridized carbons (Fsp3) is 0.361. The molecule has 49 heavy (non-hydrogen) atoms. The van der Waals surface area contributed by atoms with Crippen LogP contribution in [0.3, 0.4) is 0 Å². The van der Waals surface area contributed by atoms with Gasteiger partial charge in [0, 0.05) is 67.1 Å². The SMILES string of the molecule is CCCCn1ncn(-c2ccc(N3CCN(c4ccc(OC[C@@H]5COC(Cn6ccnc6)(c6ccc(Cl)cc6Cl)O5)cc4)CC3)cc2)c1=O. The Hall–Kier alpha value is -4.29. The Kier molecular flexibility index (Phi) is 9.95. The molecule has 13 heteroatoms. The molecule has 0 saturated carbocycles. The minimum atomic E-state index is -1.10. The van der Waals surface area contributed by atoms with E-state index in [0.29, 0.717) is 41.9 Å². The molecule has 2 fully saturated rings. The third-order valence-corrected chi connectivity index (χ3v) is 9.57.